The van der Waals surface area contributed by atoms with Gasteiger partial charge in [-0.3, -0.25) is 4.99 Å². The third-order valence-corrected chi connectivity index (χ3v) is 4.02. The van der Waals surface area contributed by atoms with Crippen LogP contribution in [0, 0.1) is 0 Å². The van der Waals surface area contributed by atoms with Gasteiger partial charge >= 0.3 is 0 Å². The lowest BCUT2D eigenvalue weighted by Gasteiger charge is -2.41. The number of guanidine groups is 1. The van der Waals surface area contributed by atoms with Crippen LogP contribution >= 0.6 is 24.0 Å². The van der Waals surface area contributed by atoms with E-state index in [1.807, 2.05) is 0 Å². The number of hydrogen-bond acceptors (Lipinski definition) is 1. The van der Waals surface area contributed by atoms with E-state index in [0.29, 0.717) is 0 Å². The van der Waals surface area contributed by atoms with Gasteiger partial charge in [0.1, 0.15) is 0 Å². The molecule has 0 bridgehead atoms. The molecule has 0 amide bonds. The van der Waals surface area contributed by atoms with Crippen molar-refractivity contribution in [2.24, 2.45) is 4.99 Å². The molecule has 1 aliphatic rings. The fraction of sp³-hybridized carbons (Fsp3) is 0.562. The molecule has 0 unspecified atom stereocenters. The molecule has 1 saturated carbocycles. The van der Waals surface area contributed by atoms with Gasteiger partial charge in [-0.1, -0.05) is 36.8 Å². The molecule has 0 spiro atoms. The van der Waals surface area contributed by atoms with E-state index in [4.69, 9.17) is 4.99 Å². The molecule has 0 saturated heterocycles. The molecule has 1 aromatic carbocycles. The van der Waals surface area contributed by atoms with Gasteiger partial charge in [0.05, 0.1) is 6.54 Å². The predicted molar refractivity (Wildman–Crippen MR) is 97.1 cm³/mol. The van der Waals surface area contributed by atoms with Crippen LogP contribution in [0.1, 0.15) is 24.8 Å². The lowest BCUT2D eigenvalue weighted by Crippen LogP contribution is -2.40. The first-order valence-corrected chi connectivity index (χ1v) is 7.00. The summed E-state index contributed by atoms with van der Waals surface area (Å²) in [5, 5.41) is 0. The first-order valence-electron chi connectivity index (χ1n) is 7.00. The van der Waals surface area contributed by atoms with E-state index in [1.165, 1.54) is 24.8 Å². The smallest absolute Gasteiger partial charge is 0.195 e. The Kier molecular flexibility index (Phi) is 6.30. The van der Waals surface area contributed by atoms with Crippen LogP contribution in [0.25, 0.3) is 0 Å². The van der Waals surface area contributed by atoms with E-state index in [1.54, 1.807) is 0 Å². The second kappa shape index (κ2) is 7.29. The van der Waals surface area contributed by atoms with Crippen LogP contribution in [0.15, 0.2) is 35.3 Å². The zero-order chi connectivity index (χ0) is 13.9. The third kappa shape index (κ3) is 3.65. The Morgan fingerprint density at radius 3 is 2.00 bits per heavy atom. The number of rotatable bonds is 3. The Morgan fingerprint density at radius 2 is 1.60 bits per heavy atom. The number of nitrogens with zero attached hydrogens (tertiary/aromatic N) is 3. The summed E-state index contributed by atoms with van der Waals surface area (Å²) in [5.41, 5.74) is 1.72. The van der Waals surface area contributed by atoms with Crippen molar-refractivity contribution in [2.75, 3.05) is 34.7 Å². The van der Waals surface area contributed by atoms with Crippen molar-refractivity contribution in [1.29, 1.82) is 0 Å². The van der Waals surface area contributed by atoms with Gasteiger partial charge in [0.25, 0.3) is 0 Å². The van der Waals surface area contributed by atoms with Crippen LogP contribution in [0.5, 0.6) is 0 Å². The minimum absolute atomic E-state index is 0. The lowest BCUT2D eigenvalue weighted by molar-refractivity contribution is 0.252. The average Bonchev–Trinajstić information content (AvgIpc) is 2.32. The standard InChI is InChI=1S/C16H25N3.HI/c1-18(2)15(19(3)4)17-13-16(11-8-12-16)14-9-6-5-7-10-14;/h5-7,9-10H,8,11-13H2,1-4H3;1H. The van der Waals surface area contributed by atoms with Gasteiger partial charge in [-0.2, -0.15) is 0 Å². The van der Waals surface area contributed by atoms with Gasteiger partial charge in [-0.05, 0) is 18.4 Å². The fourth-order valence-corrected chi connectivity index (χ4v) is 2.84. The number of halogens is 1. The second-order valence-electron chi connectivity index (χ2n) is 5.90. The molecule has 0 radical (unpaired) electrons. The van der Waals surface area contributed by atoms with Crippen LogP contribution in [-0.4, -0.2) is 50.5 Å². The Labute approximate surface area is 140 Å². The Bertz CT molecular complexity index is 426. The molecule has 4 heteroatoms. The van der Waals surface area contributed by atoms with Crippen molar-refractivity contribution >= 4 is 29.9 Å². The third-order valence-electron chi connectivity index (χ3n) is 4.02. The molecule has 3 nitrogen and oxygen atoms in total. The van der Waals surface area contributed by atoms with Crippen molar-refractivity contribution in [3.8, 4) is 0 Å². The minimum atomic E-state index is 0. The van der Waals surface area contributed by atoms with Crippen molar-refractivity contribution < 1.29 is 0 Å². The molecule has 0 heterocycles. The van der Waals surface area contributed by atoms with Crippen LogP contribution in [0.4, 0.5) is 0 Å². The van der Waals surface area contributed by atoms with E-state index >= 15 is 0 Å². The van der Waals surface area contributed by atoms with Crippen LogP contribution < -0.4 is 0 Å². The molecule has 2 rings (SSSR count). The highest BCUT2D eigenvalue weighted by atomic mass is 127. The molecule has 112 valence electrons. The summed E-state index contributed by atoms with van der Waals surface area (Å²) in [6.07, 6.45) is 3.84. The molecule has 0 atom stereocenters. The van der Waals surface area contributed by atoms with Gasteiger partial charge in [-0.15, -0.1) is 24.0 Å². The largest absolute Gasteiger partial charge is 0.349 e. The Hall–Kier alpha value is -0.780. The number of hydrogen-bond donors (Lipinski definition) is 0. The van der Waals surface area contributed by atoms with Crippen molar-refractivity contribution in [2.45, 2.75) is 24.7 Å². The van der Waals surface area contributed by atoms with Crippen LogP contribution in [-0.2, 0) is 5.41 Å². The van der Waals surface area contributed by atoms with Gasteiger partial charge in [0.15, 0.2) is 5.96 Å². The first kappa shape index (κ1) is 17.3. The zero-order valence-corrected chi connectivity index (χ0v) is 15.3. The maximum absolute atomic E-state index is 4.86. The second-order valence-corrected chi connectivity index (χ2v) is 5.90. The average molecular weight is 387 g/mol. The molecule has 1 fully saturated rings. The molecule has 0 aromatic heterocycles. The van der Waals surface area contributed by atoms with E-state index in [-0.39, 0.29) is 29.4 Å². The maximum atomic E-state index is 4.86. The van der Waals surface area contributed by atoms with E-state index < -0.39 is 0 Å². The van der Waals surface area contributed by atoms with Gasteiger partial charge in [-0.25, -0.2) is 0 Å². The molecule has 0 aliphatic heterocycles. The van der Waals surface area contributed by atoms with Gasteiger partial charge < -0.3 is 9.80 Å². The Balaban J connectivity index is 0.00000200. The highest BCUT2D eigenvalue weighted by Crippen LogP contribution is 2.43. The van der Waals surface area contributed by atoms with Crippen LogP contribution in [0.2, 0.25) is 0 Å². The predicted octanol–water partition coefficient (Wildman–Crippen LogP) is 3.21. The van der Waals surface area contributed by atoms with Crippen molar-refractivity contribution in [1.82, 2.24) is 9.80 Å². The lowest BCUT2D eigenvalue weighted by atomic mass is 9.64. The first-order chi connectivity index (χ1) is 9.05. The van der Waals surface area contributed by atoms with E-state index in [9.17, 15) is 0 Å². The van der Waals surface area contributed by atoms with Gasteiger partial charge in [0.2, 0.25) is 0 Å². The molecule has 1 aliphatic carbocycles. The SMILES string of the molecule is CN(C)C(=NCC1(c2ccccc2)CCC1)N(C)C.I. The van der Waals surface area contributed by atoms with Crippen molar-refractivity contribution in [3.05, 3.63) is 35.9 Å². The molecular formula is C16H26IN3. The number of aliphatic imine (C=N–C) groups is 1. The highest BCUT2D eigenvalue weighted by molar-refractivity contribution is 14.0. The van der Waals surface area contributed by atoms with E-state index in [2.05, 4.69) is 68.3 Å². The normalized spacial score (nSPS) is 15.6. The highest BCUT2D eigenvalue weighted by Gasteiger charge is 2.38. The summed E-state index contributed by atoms with van der Waals surface area (Å²) >= 11 is 0. The Morgan fingerprint density at radius 1 is 1.05 bits per heavy atom. The fourth-order valence-electron chi connectivity index (χ4n) is 2.84. The molecule has 20 heavy (non-hydrogen) atoms. The zero-order valence-electron chi connectivity index (χ0n) is 13.0. The number of benzene rings is 1. The summed E-state index contributed by atoms with van der Waals surface area (Å²) in [4.78, 5) is 9.02. The summed E-state index contributed by atoms with van der Waals surface area (Å²) in [7, 11) is 8.20. The van der Waals surface area contributed by atoms with Crippen molar-refractivity contribution in [3.63, 3.8) is 0 Å². The topological polar surface area (TPSA) is 18.8 Å². The summed E-state index contributed by atoms with van der Waals surface area (Å²) in [5.74, 6) is 1.04. The molecule has 1 aromatic rings. The molecule has 0 N–H and O–H groups in total. The summed E-state index contributed by atoms with van der Waals surface area (Å²) in [6, 6.07) is 10.9. The minimum Gasteiger partial charge on any atom is -0.349 e. The molecular weight excluding hydrogens is 361 g/mol. The van der Waals surface area contributed by atoms with E-state index in [0.717, 1.165) is 12.5 Å². The maximum Gasteiger partial charge on any atom is 0.195 e. The van der Waals surface area contributed by atoms with Gasteiger partial charge in [0, 0.05) is 33.6 Å². The quantitative estimate of drug-likeness (QED) is 0.451. The summed E-state index contributed by atoms with van der Waals surface area (Å²) in [6.45, 7) is 0.892. The monoisotopic (exact) mass is 387 g/mol. The summed E-state index contributed by atoms with van der Waals surface area (Å²) < 4.78 is 0. The van der Waals surface area contributed by atoms with Crippen LogP contribution in [0.3, 0.4) is 0 Å².